The molecule has 3 N–H and O–H groups in total. The molecule has 2 unspecified atom stereocenters. The van der Waals surface area contributed by atoms with E-state index in [0.717, 1.165) is 11.3 Å². The van der Waals surface area contributed by atoms with Crippen molar-refractivity contribution in [2.24, 2.45) is 11.7 Å². The second kappa shape index (κ2) is 5.83. The minimum absolute atomic E-state index is 0.0245. The smallest absolute Gasteiger partial charge is 0.261 e. The monoisotopic (exact) mass is 274 g/mol. The van der Waals surface area contributed by atoms with Crippen LogP contribution in [-0.4, -0.2) is 24.6 Å². The highest BCUT2D eigenvalue weighted by molar-refractivity contribution is 5.82. The summed E-state index contributed by atoms with van der Waals surface area (Å²) in [6.07, 6.45) is 5.11. The molecule has 1 aromatic rings. The van der Waals surface area contributed by atoms with Crippen LogP contribution in [0.25, 0.3) is 0 Å². The second-order valence-electron chi connectivity index (χ2n) is 5.81. The van der Waals surface area contributed by atoms with Gasteiger partial charge in [-0.05, 0) is 30.4 Å². The van der Waals surface area contributed by atoms with Gasteiger partial charge in [0.1, 0.15) is 5.75 Å². The Balaban J connectivity index is 1.60. The lowest BCUT2D eigenvalue weighted by atomic mass is 9.97. The molecule has 3 rings (SSSR count). The Morgan fingerprint density at radius 2 is 2.10 bits per heavy atom. The normalized spacial score (nSPS) is 23.1. The lowest BCUT2D eigenvalue weighted by Crippen LogP contribution is -2.49. The summed E-state index contributed by atoms with van der Waals surface area (Å²) in [6, 6.07) is 7.93. The van der Waals surface area contributed by atoms with Crippen LogP contribution >= 0.6 is 0 Å². The number of nitrogens with one attached hydrogen (secondary N) is 1. The van der Waals surface area contributed by atoms with Gasteiger partial charge >= 0.3 is 0 Å². The molecular weight excluding hydrogens is 252 g/mol. The Labute approximate surface area is 119 Å². The summed E-state index contributed by atoms with van der Waals surface area (Å²) in [5.74, 6) is 1.34. The minimum Gasteiger partial charge on any atom is -0.480 e. The zero-order valence-electron chi connectivity index (χ0n) is 11.7. The van der Waals surface area contributed by atoms with Crippen molar-refractivity contribution >= 4 is 5.91 Å². The summed E-state index contributed by atoms with van der Waals surface area (Å²) in [6.45, 7) is 0.510. The molecule has 1 heterocycles. The molecule has 20 heavy (non-hydrogen) atoms. The third-order valence-corrected chi connectivity index (χ3v) is 4.49. The molecule has 2 aliphatic rings. The van der Waals surface area contributed by atoms with Crippen LogP contribution in [0.2, 0.25) is 0 Å². The van der Waals surface area contributed by atoms with Crippen molar-refractivity contribution in [1.29, 1.82) is 0 Å². The average Bonchev–Trinajstić information content (AvgIpc) is 3.13. The first-order valence-corrected chi connectivity index (χ1v) is 7.53. The van der Waals surface area contributed by atoms with Crippen LogP contribution in [0.3, 0.4) is 0 Å². The van der Waals surface area contributed by atoms with E-state index in [1.807, 2.05) is 24.3 Å². The summed E-state index contributed by atoms with van der Waals surface area (Å²) in [7, 11) is 0. The van der Waals surface area contributed by atoms with Crippen LogP contribution in [0, 0.1) is 5.92 Å². The zero-order chi connectivity index (χ0) is 13.9. The van der Waals surface area contributed by atoms with Crippen LogP contribution in [0.1, 0.15) is 31.2 Å². The van der Waals surface area contributed by atoms with E-state index in [9.17, 15) is 4.79 Å². The van der Waals surface area contributed by atoms with Crippen molar-refractivity contribution in [3.8, 4) is 5.75 Å². The lowest BCUT2D eigenvalue weighted by molar-refractivity contribution is -0.128. The van der Waals surface area contributed by atoms with Gasteiger partial charge in [-0.3, -0.25) is 4.79 Å². The molecule has 0 spiro atoms. The number of benzene rings is 1. The SMILES string of the molecule is NCC(NC(=O)C1Cc2ccccc2O1)C1CCCC1. The highest BCUT2D eigenvalue weighted by Crippen LogP contribution is 2.30. The Morgan fingerprint density at radius 3 is 2.80 bits per heavy atom. The Morgan fingerprint density at radius 1 is 1.35 bits per heavy atom. The number of rotatable bonds is 4. The maximum atomic E-state index is 12.3. The quantitative estimate of drug-likeness (QED) is 0.877. The molecule has 1 fully saturated rings. The van der Waals surface area contributed by atoms with E-state index in [2.05, 4.69) is 5.32 Å². The number of carbonyl (C=O) groups is 1. The lowest BCUT2D eigenvalue weighted by Gasteiger charge is -2.24. The van der Waals surface area contributed by atoms with Gasteiger partial charge in [-0.15, -0.1) is 0 Å². The van der Waals surface area contributed by atoms with Gasteiger partial charge in [-0.2, -0.15) is 0 Å². The molecule has 1 saturated carbocycles. The topological polar surface area (TPSA) is 64.3 Å². The first-order valence-electron chi connectivity index (χ1n) is 7.53. The molecular formula is C16H22N2O2. The summed E-state index contributed by atoms with van der Waals surface area (Å²) < 4.78 is 5.72. The summed E-state index contributed by atoms with van der Waals surface area (Å²) in [5, 5.41) is 3.10. The van der Waals surface area contributed by atoms with Gasteiger partial charge in [0.25, 0.3) is 5.91 Å². The van der Waals surface area contributed by atoms with Gasteiger partial charge in [0.15, 0.2) is 6.10 Å². The standard InChI is InChI=1S/C16H22N2O2/c17-10-13(11-5-1-2-6-11)18-16(19)15-9-12-7-3-4-8-14(12)20-15/h3-4,7-8,11,13,15H,1-2,5-6,9-10,17H2,(H,18,19). The van der Waals surface area contributed by atoms with E-state index in [0.29, 0.717) is 18.9 Å². The van der Waals surface area contributed by atoms with Gasteiger partial charge < -0.3 is 15.8 Å². The molecule has 4 heteroatoms. The molecule has 0 radical (unpaired) electrons. The molecule has 0 bridgehead atoms. The van der Waals surface area contributed by atoms with Crippen molar-refractivity contribution in [2.45, 2.75) is 44.2 Å². The number of amides is 1. The number of hydrogen-bond acceptors (Lipinski definition) is 3. The van der Waals surface area contributed by atoms with Gasteiger partial charge in [0, 0.05) is 19.0 Å². The van der Waals surface area contributed by atoms with E-state index in [-0.39, 0.29) is 11.9 Å². The van der Waals surface area contributed by atoms with Gasteiger partial charge in [0.05, 0.1) is 0 Å². The van der Waals surface area contributed by atoms with Crippen molar-refractivity contribution in [3.05, 3.63) is 29.8 Å². The fourth-order valence-electron chi connectivity index (χ4n) is 3.33. The molecule has 1 amide bonds. The van der Waals surface area contributed by atoms with Gasteiger partial charge in [-0.25, -0.2) is 0 Å². The number of carbonyl (C=O) groups excluding carboxylic acids is 1. The summed E-state index contributed by atoms with van der Waals surface area (Å²) >= 11 is 0. The number of fused-ring (bicyclic) bond motifs is 1. The molecule has 1 aliphatic carbocycles. The molecule has 4 nitrogen and oxygen atoms in total. The Kier molecular flexibility index (Phi) is 3.92. The van der Waals surface area contributed by atoms with Crippen molar-refractivity contribution in [1.82, 2.24) is 5.32 Å². The number of hydrogen-bond donors (Lipinski definition) is 2. The van der Waals surface area contributed by atoms with E-state index in [4.69, 9.17) is 10.5 Å². The molecule has 2 atom stereocenters. The average molecular weight is 274 g/mol. The van der Waals surface area contributed by atoms with Crippen molar-refractivity contribution in [2.75, 3.05) is 6.54 Å². The summed E-state index contributed by atoms with van der Waals surface area (Å²) in [4.78, 5) is 12.3. The fraction of sp³-hybridized carbons (Fsp3) is 0.562. The maximum Gasteiger partial charge on any atom is 0.261 e. The largest absolute Gasteiger partial charge is 0.480 e. The maximum absolute atomic E-state index is 12.3. The van der Waals surface area contributed by atoms with Gasteiger partial charge in [0.2, 0.25) is 0 Å². The fourth-order valence-corrected chi connectivity index (χ4v) is 3.33. The molecule has 1 aromatic carbocycles. The van der Waals surface area contributed by atoms with E-state index in [1.165, 1.54) is 25.7 Å². The first kappa shape index (κ1) is 13.4. The molecule has 0 saturated heterocycles. The van der Waals surface area contributed by atoms with Crippen molar-refractivity contribution in [3.63, 3.8) is 0 Å². The zero-order valence-corrected chi connectivity index (χ0v) is 11.7. The predicted molar refractivity (Wildman–Crippen MR) is 77.5 cm³/mol. The Bertz CT molecular complexity index is 458. The third-order valence-electron chi connectivity index (χ3n) is 4.49. The minimum atomic E-state index is -0.400. The van der Waals surface area contributed by atoms with Gasteiger partial charge in [-0.1, -0.05) is 31.0 Å². The van der Waals surface area contributed by atoms with Crippen LogP contribution in [0.4, 0.5) is 0 Å². The van der Waals surface area contributed by atoms with Crippen molar-refractivity contribution < 1.29 is 9.53 Å². The highest BCUT2D eigenvalue weighted by Gasteiger charge is 2.32. The third kappa shape index (κ3) is 2.66. The van der Waals surface area contributed by atoms with Crippen LogP contribution in [-0.2, 0) is 11.2 Å². The number of ether oxygens (including phenoxy) is 1. The Hall–Kier alpha value is -1.55. The molecule has 108 valence electrons. The predicted octanol–water partition coefficient (Wildman–Crippen LogP) is 1.62. The summed E-state index contributed by atoms with van der Waals surface area (Å²) in [5.41, 5.74) is 6.94. The van der Waals surface area contributed by atoms with Crippen LogP contribution in [0.5, 0.6) is 5.75 Å². The first-order chi connectivity index (χ1) is 9.78. The molecule has 0 aromatic heterocycles. The van der Waals surface area contributed by atoms with Crippen LogP contribution < -0.4 is 15.8 Å². The van der Waals surface area contributed by atoms with E-state index < -0.39 is 6.10 Å². The second-order valence-corrected chi connectivity index (χ2v) is 5.81. The van der Waals surface area contributed by atoms with Crippen LogP contribution in [0.15, 0.2) is 24.3 Å². The van der Waals surface area contributed by atoms with E-state index in [1.54, 1.807) is 0 Å². The van der Waals surface area contributed by atoms with E-state index >= 15 is 0 Å². The number of nitrogens with two attached hydrogens (primary N) is 1. The highest BCUT2D eigenvalue weighted by atomic mass is 16.5. The molecule has 1 aliphatic heterocycles. The number of para-hydroxylation sites is 1.